The molecule has 1 N–H and O–H groups in total. The lowest BCUT2D eigenvalue weighted by Gasteiger charge is -2.02. The van der Waals surface area contributed by atoms with Gasteiger partial charge in [-0.2, -0.15) is 5.10 Å². The van der Waals surface area contributed by atoms with E-state index in [0.717, 1.165) is 5.56 Å². The van der Waals surface area contributed by atoms with Crippen LogP contribution >= 0.6 is 23.2 Å². The van der Waals surface area contributed by atoms with Gasteiger partial charge in [0.2, 0.25) is 0 Å². The summed E-state index contributed by atoms with van der Waals surface area (Å²) in [5, 5.41) is 4.59. The second-order valence-electron chi connectivity index (χ2n) is 4.11. The van der Waals surface area contributed by atoms with E-state index in [2.05, 4.69) is 10.5 Å². The van der Waals surface area contributed by atoms with Crippen LogP contribution in [0.3, 0.4) is 0 Å². The fourth-order valence-electron chi connectivity index (χ4n) is 1.59. The van der Waals surface area contributed by atoms with E-state index in [1.165, 1.54) is 12.3 Å². The molecule has 3 nitrogen and oxygen atoms in total. The van der Waals surface area contributed by atoms with Crippen molar-refractivity contribution in [2.24, 2.45) is 5.10 Å². The zero-order valence-corrected chi connectivity index (χ0v) is 12.5. The molecule has 0 radical (unpaired) electrons. The highest BCUT2D eigenvalue weighted by molar-refractivity contribution is 6.36. The van der Waals surface area contributed by atoms with Gasteiger partial charge in [0.15, 0.2) is 0 Å². The first-order valence-corrected chi connectivity index (χ1v) is 6.92. The Balaban J connectivity index is 1.92. The predicted octanol–water partition coefficient (Wildman–Crippen LogP) is 4.42. The number of carbonyl (C=O) groups is 1. The summed E-state index contributed by atoms with van der Waals surface area (Å²) in [6.07, 6.45) is 5.11. The fraction of sp³-hybridized carbons (Fsp3) is 0. The Hall–Kier alpha value is -2.10. The third-order valence-electron chi connectivity index (χ3n) is 2.59. The third kappa shape index (κ3) is 4.74. The molecule has 0 bridgehead atoms. The zero-order chi connectivity index (χ0) is 15.1. The highest BCUT2D eigenvalue weighted by Crippen LogP contribution is 2.20. The summed E-state index contributed by atoms with van der Waals surface area (Å²) in [5.41, 5.74) is 3.77. The minimum atomic E-state index is -0.388. The van der Waals surface area contributed by atoms with Gasteiger partial charge >= 0.3 is 0 Å². The molecule has 2 rings (SSSR count). The molecule has 1 amide bonds. The standard InChI is InChI=1S/C16H12Cl2N2O/c17-13-8-9-14(15(18)11-13)16(21)20-19-10-4-7-12-5-2-1-3-6-12/h1-11H,(H,20,21)/b7-4+,19-10?. The number of halogens is 2. The molecular weight excluding hydrogens is 307 g/mol. The van der Waals surface area contributed by atoms with E-state index in [1.807, 2.05) is 36.4 Å². The summed E-state index contributed by atoms with van der Waals surface area (Å²) in [4.78, 5) is 11.8. The Labute approximate surface area is 132 Å². The molecule has 0 aliphatic rings. The smallest absolute Gasteiger partial charge is 0.267 e. The van der Waals surface area contributed by atoms with Gasteiger partial charge in [-0.15, -0.1) is 0 Å². The van der Waals surface area contributed by atoms with Crippen LogP contribution in [-0.2, 0) is 0 Å². The van der Waals surface area contributed by atoms with Crippen LogP contribution in [-0.4, -0.2) is 12.1 Å². The van der Waals surface area contributed by atoms with Crippen LogP contribution in [0.1, 0.15) is 15.9 Å². The lowest BCUT2D eigenvalue weighted by molar-refractivity contribution is 0.0955. The Morgan fingerprint density at radius 1 is 1.10 bits per heavy atom. The van der Waals surface area contributed by atoms with Gasteiger partial charge in [-0.25, -0.2) is 5.43 Å². The van der Waals surface area contributed by atoms with Crippen LogP contribution in [0.2, 0.25) is 10.0 Å². The maximum Gasteiger partial charge on any atom is 0.272 e. The van der Waals surface area contributed by atoms with E-state index in [1.54, 1.807) is 18.2 Å². The van der Waals surface area contributed by atoms with Crippen LogP contribution < -0.4 is 5.43 Å². The lowest BCUT2D eigenvalue weighted by Crippen LogP contribution is -2.17. The first-order valence-electron chi connectivity index (χ1n) is 6.17. The van der Waals surface area contributed by atoms with Crippen molar-refractivity contribution in [3.8, 4) is 0 Å². The molecular formula is C16H12Cl2N2O. The number of rotatable bonds is 4. The zero-order valence-electron chi connectivity index (χ0n) is 11.0. The van der Waals surface area contributed by atoms with Gasteiger partial charge in [0.05, 0.1) is 10.6 Å². The molecule has 0 fully saturated rings. The number of nitrogens with zero attached hydrogens (tertiary/aromatic N) is 1. The van der Waals surface area contributed by atoms with Crippen molar-refractivity contribution >= 4 is 41.4 Å². The Morgan fingerprint density at radius 2 is 1.86 bits per heavy atom. The summed E-state index contributed by atoms with van der Waals surface area (Å²) < 4.78 is 0. The average molecular weight is 319 g/mol. The normalized spacial score (nSPS) is 11.1. The summed E-state index contributed by atoms with van der Waals surface area (Å²) in [7, 11) is 0. The Kier molecular flexibility index (Phi) is 5.55. The van der Waals surface area contributed by atoms with Gasteiger partial charge in [-0.1, -0.05) is 59.6 Å². The number of nitrogens with one attached hydrogen (secondary N) is 1. The minimum Gasteiger partial charge on any atom is -0.267 e. The molecule has 0 aromatic heterocycles. The van der Waals surface area contributed by atoms with Crippen molar-refractivity contribution in [2.75, 3.05) is 0 Å². The Bertz CT molecular complexity index is 682. The van der Waals surface area contributed by atoms with Crippen molar-refractivity contribution < 1.29 is 4.79 Å². The molecule has 0 spiro atoms. The minimum absolute atomic E-state index is 0.287. The van der Waals surface area contributed by atoms with Gasteiger partial charge in [0.25, 0.3) is 5.91 Å². The number of carbonyl (C=O) groups excluding carboxylic acids is 1. The SMILES string of the molecule is O=C(NN=C/C=C/c1ccccc1)c1ccc(Cl)cc1Cl. The molecule has 21 heavy (non-hydrogen) atoms. The first kappa shape index (κ1) is 15.3. The van der Waals surface area contributed by atoms with E-state index in [-0.39, 0.29) is 10.9 Å². The maximum absolute atomic E-state index is 11.8. The first-order chi connectivity index (χ1) is 10.2. The largest absolute Gasteiger partial charge is 0.272 e. The van der Waals surface area contributed by atoms with Crippen molar-refractivity contribution in [2.45, 2.75) is 0 Å². The van der Waals surface area contributed by atoms with E-state index in [0.29, 0.717) is 10.6 Å². The molecule has 5 heteroatoms. The van der Waals surface area contributed by atoms with Crippen LogP contribution in [0.4, 0.5) is 0 Å². The highest BCUT2D eigenvalue weighted by Gasteiger charge is 2.09. The number of allylic oxidation sites excluding steroid dienone is 1. The van der Waals surface area contributed by atoms with Crippen LogP contribution in [0.15, 0.2) is 59.7 Å². The average Bonchev–Trinajstić information content (AvgIpc) is 2.47. The van der Waals surface area contributed by atoms with E-state index in [4.69, 9.17) is 23.2 Å². The van der Waals surface area contributed by atoms with Crippen molar-refractivity contribution in [3.63, 3.8) is 0 Å². The molecule has 2 aromatic rings. The third-order valence-corrected chi connectivity index (χ3v) is 3.14. The number of hydrogen-bond acceptors (Lipinski definition) is 2. The van der Waals surface area contributed by atoms with Crippen molar-refractivity contribution in [1.29, 1.82) is 0 Å². The molecule has 0 aliphatic carbocycles. The predicted molar refractivity (Wildman–Crippen MR) is 87.9 cm³/mol. The molecule has 0 aliphatic heterocycles. The molecule has 2 aromatic carbocycles. The molecule has 0 unspecified atom stereocenters. The topological polar surface area (TPSA) is 41.5 Å². The number of benzene rings is 2. The second kappa shape index (κ2) is 7.62. The van der Waals surface area contributed by atoms with Gasteiger partial charge in [0, 0.05) is 11.2 Å². The Morgan fingerprint density at radius 3 is 2.57 bits per heavy atom. The molecule has 0 saturated heterocycles. The van der Waals surface area contributed by atoms with E-state index in [9.17, 15) is 4.79 Å². The van der Waals surface area contributed by atoms with Gasteiger partial charge in [-0.05, 0) is 29.8 Å². The van der Waals surface area contributed by atoms with Gasteiger partial charge in [0.1, 0.15) is 0 Å². The van der Waals surface area contributed by atoms with Crippen molar-refractivity contribution in [1.82, 2.24) is 5.43 Å². The molecule has 0 heterocycles. The maximum atomic E-state index is 11.8. The van der Waals surface area contributed by atoms with E-state index >= 15 is 0 Å². The number of hydrogen-bond donors (Lipinski definition) is 1. The molecule has 0 saturated carbocycles. The summed E-state index contributed by atoms with van der Waals surface area (Å²) >= 11 is 11.7. The van der Waals surface area contributed by atoms with Crippen LogP contribution in [0.5, 0.6) is 0 Å². The number of hydrazone groups is 1. The fourth-order valence-corrected chi connectivity index (χ4v) is 2.09. The second-order valence-corrected chi connectivity index (χ2v) is 4.96. The van der Waals surface area contributed by atoms with Gasteiger partial charge < -0.3 is 0 Å². The quantitative estimate of drug-likeness (QED) is 0.658. The summed E-state index contributed by atoms with van der Waals surface area (Å²) in [6, 6.07) is 14.4. The summed E-state index contributed by atoms with van der Waals surface area (Å²) in [6.45, 7) is 0. The van der Waals surface area contributed by atoms with Crippen LogP contribution in [0, 0.1) is 0 Å². The van der Waals surface area contributed by atoms with Crippen LogP contribution in [0.25, 0.3) is 6.08 Å². The molecule has 0 atom stereocenters. The monoisotopic (exact) mass is 318 g/mol. The summed E-state index contributed by atoms with van der Waals surface area (Å²) in [5.74, 6) is -0.388. The molecule has 106 valence electrons. The van der Waals surface area contributed by atoms with Crippen molar-refractivity contribution in [3.05, 3.63) is 75.8 Å². The van der Waals surface area contributed by atoms with E-state index < -0.39 is 0 Å². The van der Waals surface area contributed by atoms with Gasteiger partial charge in [-0.3, -0.25) is 4.79 Å². The number of amides is 1. The lowest BCUT2D eigenvalue weighted by atomic mass is 10.2. The highest BCUT2D eigenvalue weighted by atomic mass is 35.5.